The maximum absolute atomic E-state index is 2.49. The maximum Gasteiger partial charge on any atom is 0.187 e. The zero-order valence-electron chi connectivity index (χ0n) is 9.33. The second kappa shape index (κ2) is 3.39. The van der Waals surface area contributed by atoms with Crippen molar-refractivity contribution in [2.45, 2.75) is 26.2 Å². The molecule has 14 heavy (non-hydrogen) atoms. The summed E-state index contributed by atoms with van der Waals surface area (Å²) in [5, 5.41) is 0. The molecule has 0 aromatic carbocycles. The van der Waals surface area contributed by atoms with Crippen LogP contribution in [-0.4, -0.2) is 36.1 Å². The van der Waals surface area contributed by atoms with Crippen LogP contribution in [0.2, 0.25) is 19.6 Å². The van der Waals surface area contributed by atoms with Crippen LogP contribution >= 0.6 is 0 Å². The van der Waals surface area contributed by atoms with Gasteiger partial charge in [-0.2, -0.15) is 0 Å². The molecule has 0 saturated carbocycles. The van der Waals surface area contributed by atoms with E-state index in [9.17, 15) is 0 Å². The Bertz CT molecular complexity index is 358. The molecular formula is C11H19N2Si+. The number of nitrogens with zero attached hydrogens (tertiary/aromatic N) is 2. The summed E-state index contributed by atoms with van der Waals surface area (Å²) in [5.41, 5.74) is 1.36. The first kappa shape index (κ1) is 9.71. The van der Waals surface area contributed by atoms with Crippen molar-refractivity contribution in [2.75, 3.05) is 12.7 Å². The van der Waals surface area contributed by atoms with Crippen LogP contribution in [0, 0.1) is 0 Å². The molecule has 1 aliphatic heterocycles. The van der Waals surface area contributed by atoms with E-state index in [2.05, 4.69) is 53.3 Å². The fourth-order valence-electron chi connectivity index (χ4n) is 1.97. The molecule has 76 valence electrons. The molecule has 0 spiro atoms. The molecule has 0 N–H and O–H groups in total. The van der Waals surface area contributed by atoms with Gasteiger partial charge in [0.2, 0.25) is 0 Å². The molecule has 0 aliphatic carbocycles. The van der Waals surface area contributed by atoms with Crippen molar-refractivity contribution < 1.29 is 4.58 Å². The van der Waals surface area contributed by atoms with Gasteiger partial charge >= 0.3 is 0 Å². The highest BCUT2D eigenvalue weighted by Gasteiger charge is 2.23. The van der Waals surface area contributed by atoms with Gasteiger partial charge in [-0.1, -0.05) is 19.6 Å². The van der Waals surface area contributed by atoms with Crippen LogP contribution in [0.15, 0.2) is 18.3 Å². The molecule has 0 amide bonds. The predicted octanol–water partition coefficient (Wildman–Crippen LogP) is 1.81. The molecule has 0 radical (unpaired) electrons. The molecule has 0 bridgehead atoms. The zero-order valence-corrected chi connectivity index (χ0v) is 10.3. The van der Waals surface area contributed by atoms with Gasteiger partial charge in [0, 0.05) is 6.20 Å². The summed E-state index contributed by atoms with van der Waals surface area (Å²) < 4.78 is 4.81. The highest BCUT2D eigenvalue weighted by Crippen LogP contribution is 2.07. The van der Waals surface area contributed by atoms with Gasteiger partial charge in [0.25, 0.3) is 0 Å². The third-order valence-corrected chi connectivity index (χ3v) is 3.84. The number of hydrogen-bond donors (Lipinski definition) is 0. The Morgan fingerprint density at radius 1 is 1.43 bits per heavy atom. The molecule has 0 atom stereocenters. The van der Waals surface area contributed by atoms with Gasteiger partial charge in [-0.05, 0) is 12.1 Å². The summed E-state index contributed by atoms with van der Waals surface area (Å²) in [6.07, 6.45) is 5.75. The van der Waals surface area contributed by atoms with Crippen LogP contribution in [0.1, 0.15) is 5.69 Å². The Labute approximate surface area is 86.9 Å². The second-order valence-electron chi connectivity index (χ2n) is 5.29. The monoisotopic (exact) mass is 207 g/mol. The van der Waals surface area contributed by atoms with Crippen molar-refractivity contribution in [3.05, 3.63) is 24.0 Å². The molecular weight excluding hydrogens is 188 g/mol. The average molecular weight is 207 g/mol. The summed E-state index contributed by atoms with van der Waals surface area (Å²) >= 11 is 0. The Morgan fingerprint density at radius 3 is 2.93 bits per heavy atom. The number of fused-ring (bicyclic) bond motifs is 1. The van der Waals surface area contributed by atoms with E-state index in [4.69, 9.17) is 0 Å². The standard InChI is InChI=1S/C11H19N2Si/c1-14(2,3)10-12-7-8-13-6-4-5-11(13)9-12/h4-6,9H,7-8,10H2,1-3H3/q+1. The Kier molecular flexibility index (Phi) is 2.35. The maximum atomic E-state index is 2.49. The van der Waals surface area contributed by atoms with Gasteiger partial charge in [0.15, 0.2) is 12.8 Å². The summed E-state index contributed by atoms with van der Waals surface area (Å²) in [5.74, 6) is 0. The van der Waals surface area contributed by atoms with Gasteiger partial charge in [0.1, 0.15) is 19.9 Å². The van der Waals surface area contributed by atoms with E-state index in [-0.39, 0.29) is 0 Å². The van der Waals surface area contributed by atoms with Crippen molar-refractivity contribution in [1.82, 2.24) is 4.57 Å². The van der Waals surface area contributed by atoms with E-state index in [0.717, 1.165) is 6.54 Å². The summed E-state index contributed by atoms with van der Waals surface area (Å²) in [4.78, 5) is 0. The van der Waals surface area contributed by atoms with Crippen molar-refractivity contribution >= 4 is 14.3 Å². The lowest BCUT2D eigenvalue weighted by Gasteiger charge is -2.17. The highest BCUT2D eigenvalue weighted by molar-refractivity contribution is 6.75. The normalized spacial score (nSPS) is 16.4. The zero-order chi connectivity index (χ0) is 10.2. The molecule has 3 heteroatoms. The largest absolute Gasteiger partial charge is 0.337 e. The molecule has 0 unspecified atom stereocenters. The average Bonchev–Trinajstić information content (AvgIpc) is 2.47. The fourth-order valence-corrected chi connectivity index (χ4v) is 3.44. The van der Waals surface area contributed by atoms with E-state index in [1.807, 2.05) is 0 Å². The van der Waals surface area contributed by atoms with Crippen LogP contribution < -0.4 is 0 Å². The van der Waals surface area contributed by atoms with Crippen LogP contribution in [0.25, 0.3) is 0 Å². The van der Waals surface area contributed by atoms with Gasteiger partial charge < -0.3 is 4.57 Å². The van der Waals surface area contributed by atoms with Crippen LogP contribution in [0.3, 0.4) is 0 Å². The van der Waals surface area contributed by atoms with Crippen LogP contribution in [0.5, 0.6) is 0 Å². The molecule has 0 saturated heterocycles. The lowest BCUT2D eigenvalue weighted by atomic mass is 10.4. The van der Waals surface area contributed by atoms with Crippen molar-refractivity contribution in [3.8, 4) is 0 Å². The molecule has 1 aromatic heterocycles. The molecule has 2 heterocycles. The van der Waals surface area contributed by atoms with Crippen LogP contribution in [0.4, 0.5) is 0 Å². The Balaban J connectivity index is 2.17. The molecule has 1 aromatic rings. The molecule has 2 nitrogen and oxygen atoms in total. The molecule has 0 fully saturated rings. The number of rotatable bonds is 2. The van der Waals surface area contributed by atoms with Crippen molar-refractivity contribution in [2.24, 2.45) is 0 Å². The summed E-state index contributed by atoms with van der Waals surface area (Å²) in [6.45, 7) is 9.59. The first-order valence-corrected chi connectivity index (χ1v) is 8.99. The van der Waals surface area contributed by atoms with Crippen LogP contribution in [-0.2, 0) is 6.54 Å². The van der Waals surface area contributed by atoms with E-state index < -0.39 is 8.07 Å². The van der Waals surface area contributed by atoms with Gasteiger partial charge in [-0.15, -0.1) is 0 Å². The summed E-state index contributed by atoms with van der Waals surface area (Å²) in [7, 11) is -0.960. The minimum atomic E-state index is -0.960. The van der Waals surface area contributed by atoms with E-state index in [1.54, 1.807) is 0 Å². The Hall–Kier alpha value is -0.833. The number of aromatic nitrogens is 1. The van der Waals surface area contributed by atoms with E-state index >= 15 is 0 Å². The lowest BCUT2D eigenvalue weighted by molar-refractivity contribution is -0.511. The first-order chi connectivity index (χ1) is 6.54. The lowest BCUT2D eigenvalue weighted by Crippen LogP contribution is -2.38. The minimum absolute atomic E-state index is 0.960. The first-order valence-electron chi connectivity index (χ1n) is 5.29. The third-order valence-electron chi connectivity index (χ3n) is 2.49. The van der Waals surface area contributed by atoms with Gasteiger partial charge in [0.05, 0.1) is 6.54 Å². The summed E-state index contributed by atoms with van der Waals surface area (Å²) in [6, 6.07) is 4.32. The van der Waals surface area contributed by atoms with E-state index in [0.29, 0.717) is 0 Å². The minimum Gasteiger partial charge on any atom is -0.337 e. The Morgan fingerprint density at radius 2 is 2.21 bits per heavy atom. The SMILES string of the molecule is C[Si](C)(C)C[N+]1=Cc2cccn2CC1. The quantitative estimate of drug-likeness (QED) is 0.516. The molecule has 1 aliphatic rings. The molecule has 2 rings (SSSR count). The van der Waals surface area contributed by atoms with Gasteiger partial charge in [-0.3, -0.25) is 0 Å². The fraction of sp³-hybridized carbons (Fsp3) is 0.545. The number of hydrogen-bond acceptors (Lipinski definition) is 0. The van der Waals surface area contributed by atoms with Crippen molar-refractivity contribution in [1.29, 1.82) is 0 Å². The van der Waals surface area contributed by atoms with Gasteiger partial charge in [-0.25, -0.2) is 4.58 Å². The topological polar surface area (TPSA) is 7.94 Å². The second-order valence-corrected chi connectivity index (χ2v) is 10.7. The predicted molar refractivity (Wildman–Crippen MR) is 62.9 cm³/mol. The highest BCUT2D eigenvalue weighted by atomic mass is 28.3. The smallest absolute Gasteiger partial charge is 0.187 e. The third kappa shape index (κ3) is 2.15. The van der Waals surface area contributed by atoms with E-state index in [1.165, 1.54) is 18.4 Å². The van der Waals surface area contributed by atoms with Crippen molar-refractivity contribution in [3.63, 3.8) is 0 Å².